The van der Waals surface area contributed by atoms with Gasteiger partial charge in [0.1, 0.15) is 5.75 Å². The van der Waals surface area contributed by atoms with Crippen LogP contribution in [0.25, 0.3) is 0 Å². The molecule has 1 aliphatic carbocycles. The molecule has 2 N–H and O–H groups in total. The second-order valence-electron chi connectivity index (χ2n) is 7.09. The molecule has 1 aromatic carbocycles. The van der Waals surface area contributed by atoms with E-state index in [2.05, 4.69) is 29.5 Å². The Labute approximate surface area is 163 Å². The number of aromatic nitrogens is 1. The van der Waals surface area contributed by atoms with Gasteiger partial charge in [0.15, 0.2) is 5.13 Å². The minimum absolute atomic E-state index is 0.0305. The van der Waals surface area contributed by atoms with Gasteiger partial charge in [-0.2, -0.15) is 0 Å². The van der Waals surface area contributed by atoms with Crippen molar-refractivity contribution in [3.63, 3.8) is 0 Å². The van der Waals surface area contributed by atoms with Crippen LogP contribution in [0.5, 0.6) is 5.75 Å². The molecule has 7 heteroatoms. The zero-order valence-corrected chi connectivity index (χ0v) is 16.7. The number of benzene rings is 1. The Bertz CT molecular complexity index is 814. The van der Waals surface area contributed by atoms with Crippen LogP contribution >= 0.6 is 11.3 Å². The normalized spacial score (nSPS) is 15.9. The van der Waals surface area contributed by atoms with Gasteiger partial charge in [0.05, 0.1) is 18.7 Å². The van der Waals surface area contributed by atoms with Gasteiger partial charge in [-0.25, -0.2) is 4.98 Å². The number of nitrogens with one attached hydrogen (secondary N) is 2. The second kappa shape index (κ2) is 8.52. The minimum Gasteiger partial charge on any atom is -0.497 e. The van der Waals surface area contributed by atoms with Gasteiger partial charge in [0.25, 0.3) is 5.91 Å². The largest absolute Gasteiger partial charge is 0.497 e. The van der Waals surface area contributed by atoms with Crippen molar-refractivity contribution >= 4 is 28.3 Å². The van der Waals surface area contributed by atoms with E-state index < -0.39 is 0 Å². The lowest BCUT2D eigenvalue weighted by Crippen LogP contribution is -2.33. The summed E-state index contributed by atoms with van der Waals surface area (Å²) in [4.78, 5) is 30.7. The first-order valence-electron chi connectivity index (χ1n) is 9.20. The van der Waals surface area contributed by atoms with Gasteiger partial charge in [0, 0.05) is 17.0 Å². The highest BCUT2D eigenvalue weighted by atomic mass is 32.1. The van der Waals surface area contributed by atoms with Gasteiger partial charge in [-0.3, -0.25) is 14.9 Å². The summed E-state index contributed by atoms with van der Waals surface area (Å²) in [5.41, 5.74) is 1.35. The zero-order chi connectivity index (χ0) is 19.4. The Morgan fingerprint density at radius 2 is 2.04 bits per heavy atom. The number of fused-ring (bicyclic) bond motifs is 1. The molecule has 1 aromatic heterocycles. The van der Waals surface area contributed by atoms with Crippen molar-refractivity contribution < 1.29 is 14.3 Å². The molecule has 0 radical (unpaired) electrons. The Morgan fingerprint density at radius 1 is 1.30 bits per heavy atom. The van der Waals surface area contributed by atoms with Crippen molar-refractivity contribution in [2.45, 2.75) is 39.0 Å². The highest BCUT2D eigenvalue weighted by Gasteiger charge is 2.30. The molecule has 0 fully saturated rings. The van der Waals surface area contributed by atoms with E-state index in [-0.39, 0.29) is 17.7 Å². The van der Waals surface area contributed by atoms with Crippen LogP contribution in [0, 0.1) is 5.92 Å². The lowest BCUT2D eigenvalue weighted by atomic mass is 9.90. The predicted molar refractivity (Wildman–Crippen MR) is 107 cm³/mol. The number of amides is 2. The Hall–Kier alpha value is -2.41. The molecule has 1 heterocycles. The van der Waals surface area contributed by atoms with Crippen molar-refractivity contribution in [3.8, 4) is 5.75 Å². The van der Waals surface area contributed by atoms with Gasteiger partial charge in [0.2, 0.25) is 5.91 Å². The number of carbonyl (C=O) groups excluding carboxylic acids is 2. The topological polar surface area (TPSA) is 80.3 Å². The van der Waals surface area contributed by atoms with Crippen LogP contribution in [0.1, 0.15) is 53.5 Å². The van der Waals surface area contributed by atoms with E-state index in [1.54, 1.807) is 31.4 Å². The first-order chi connectivity index (χ1) is 13.0. The van der Waals surface area contributed by atoms with Crippen molar-refractivity contribution in [2.24, 2.45) is 5.92 Å². The lowest BCUT2D eigenvalue weighted by Gasteiger charge is -2.20. The van der Waals surface area contributed by atoms with Crippen LogP contribution in [-0.4, -0.2) is 30.5 Å². The number of nitrogens with zero attached hydrogens (tertiary/aromatic N) is 1. The minimum atomic E-state index is -0.226. The average molecular weight is 388 g/mol. The molecule has 0 aliphatic heterocycles. The molecule has 1 unspecified atom stereocenters. The summed E-state index contributed by atoms with van der Waals surface area (Å²) in [6.45, 7) is 4.81. The summed E-state index contributed by atoms with van der Waals surface area (Å²) in [5, 5.41) is 6.41. The fourth-order valence-corrected chi connectivity index (χ4v) is 4.13. The van der Waals surface area contributed by atoms with E-state index in [0.717, 1.165) is 29.8 Å². The molecule has 27 heavy (non-hydrogen) atoms. The number of ether oxygens (including phenoxy) is 1. The van der Waals surface area contributed by atoms with E-state index in [1.165, 1.54) is 11.3 Å². The third-order valence-electron chi connectivity index (χ3n) is 4.53. The smallest absolute Gasteiger partial charge is 0.257 e. The summed E-state index contributed by atoms with van der Waals surface area (Å²) >= 11 is 1.46. The molecule has 0 spiro atoms. The molecular formula is C20H25N3O3S. The third kappa shape index (κ3) is 4.66. The molecule has 0 bridgehead atoms. The number of thiazole rings is 1. The molecule has 144 valence electrons. The highest BCUT2D eigenvalue weighted by Crippen LogP contribution is 2.37. The molecule has 1 atom stereocenters. The number of hydrogen-bond donors (Lipinski definition) is 2. The first kappa shape index (κ1) is 19.4. The first-order valence-corrected chi connectivity index (χ1v) is 10.0. The van der Waals surface area contributed by atoms with Gasteiger partial charge in [-0.15, -0.1) is 11.3 Å². The van der Waals surface area contributed by atoms with E-state index in [4.69, 9.17) is 4.74 Å². The number of carbonyl (C=O) groups is 2. The Morgan fingerprint density at radius 3 is 2.70 bits per heavy atom. The van der Waals surface area contributed by atoms with Gasteiger partial charge >= 0.3 is 0 Å². The van der Waals surface area contributed by atoms with Gasteiger partial charge in [-0.1, -0.05) is 13.8 Å². The zero-order valence-electron chi connectivity index (χ0n) is 15.9. The van der Waals surface area contributed by atoms with Crippen LogP contribution in [0.15, 0.2) is 24.3 Å². The van der Waals surface area contributed by atoms with Crippen molar-refractivity contribution in [1.82, 2.24) is 10.3 Å². The number of aryl methyl sites for hydroxylation is 1. The van der Waals surface area contributed by atoms with Crippen molar-refractivity contribution in [1.29, 1.82) is 0 Å². The maximum atomic E-state index is 12.5. The van der Waals surface area contributed by atoms with Crippen LogP contribution in [0.4, 0.5) is 5.13 Å². The fourth-order valence-electron chi connectivity index (χ4n) is 3.07. The standard InChI is InChI=1S/C20H25N3O3S/c1-12(2)11-21-19(25)15-5-4-6-16-17(15)22-20(27-16)23-18(24)13-7-9-14(26-3)10-8-13/h7-10,12,15H,4-6,11H2,1-3H3,(H,21,25)(H,22,23,24). The SMILES string of the molecule is COc1ccc(C(=O)Nc2nc3c(s2)CCCC3C(=O)NCC(C)C)cc1. The molecule has 1 aliphatic rings. The molecule has 0 saturated heterocycles. The maximum Gasteiger partial charge on any atom is 0.257 e. The molecule has 2 amide bonds. The summed E-state index contributed by atoms with van der Waals surface area (Å²) in [6.07, 6.45) is 2.66. The summed E-state index contributed by atoms with van der Waals surface area (Å²) in [5.74, 6) is 0.696. The third-order valence-corrected chi connectivity index (χ3v) is 5.57. The number of methoxy groups -OCH3 is 1. The monoisotopic (exact) mass is 387 g/mol. The van der Waals surface area contributed by atoms with E-state index in [9.17, 15) is 9.59 Å². The van der Waals surface area contributed by atoms with E-state index >= 15 is 0 Å². The van der Waals surface area contributed by atoms with E-state index in [0.29, 0.717) is 28.9 Å². The molecular weight excluding hydrogens is 362 g/mol. The van der Waals surface area contributed by atoms with E-state index in [1.807, 2.05) is 0 Å². The van der Waals surface area contributed by atoms with Crippen LogP contribution in [0.2, 0.25) is 0 Å². The Balaban J connectivity index is 1.71. The quantitative estimate of drug-likeness (QED) is 0.794. The molecule has 3 rings (SSSR count). The molecule has 0 saturated carbocycles. The number of rotatable bonds is 6. The molecule has 6 nitrogen and oxygen atoms in total. The van der Waals surface area contributed by atoms with Crippen molar-refractivity contribution in [2.75, 3.05) is 19.0 Å². The van der Waals surface area contributed by atoms with Crippen LogP contribution in [-0.2, 0) is 11.2 Å². The predicted octanol–water partition coefficient (Wildman–Crippen LogP) is 3.60. The molecule has 2 aromatic rings. The number of anilines is 1. The van der Waals surface area contributed by atoms with Crippen molar-refractivity contribution in [3.05, 3.63) is 40.4 Å². The summed E-state index contributed by atoms with van der Waals surface area (Å²) in [7, 11) is 1.59. The summed E-state index contributed by atoms with van der Waals surface area (Å²) < 4.78 is 5.11. The van der Waals surface area contributed by atoms with Gasteiger partial charge in [-0.05, 0) is 49.4 Å². The van der Waals surface area contributed by atoms with Gasteiger partial charge < -0.3 is 10.1 Å². The van der Waals surface area contributed by atoms with Crippen LogP contribution in [0.3, 0.4) is 0 Å². The Kier molecular flexibility index (Phi) is 6.11. The lowest BCUT2D eigenvalue weighted by molar-refractivity contribution is -0.123. The fraction of sp³-hybridized carbons (Fsp3) is 0.450. The number of hydrogen-bond acceptors (Lipinski definition) is 5. The maximum absolute atomic E-state index is 12.5. The average Bonchev–Trinajstić information content (AvgIpc) is 3.08. The van der Waals surface area contributed by atoms with Crippen LogP contribution < -0.4 is 15.4 Å². The summed E-state index contributed by atoms with van der Waals surface area (Å²) in [6, 6.07) is 6.92. The second-order valence-corrected chi connectivity index (χ2v) is 8.18. The highest BCUT2D eigenvalue weighted by molar-refractivity contribution is 7.15.